The molecule has 106 valence electrons. The zero-order valence-electron chi connectivity index (χ0n) is 11.9. The van der Waals surface area contributed by atoms with E-state index >= 15 is 0 Å². The Kier molecular flexibility index (Phi) is 7.54. The fourth-order valence-electron chi connectivity index (χ4n) is 1.55. The molecule has 0 aromatic carbocycles. The van der Waals surface area contributed by atoms with Gasteiger partial charge in [0.2, 0.25) is 5.91 Å². The first-order chi connectivity index (χ1) is 8.30. The van der Waals surface area contributed by atoms with Crippen LogP contribution >= 0.6 is 0 Å². The highest BCUT2D eigenvalue weighted by Crippen LogP contribution is 2.13. The highest BCUT2D eigenvalue weighted by atomic mass is 16.2. The Bertz CT molecular complexity index is 279. The summed E-state index contributed by atoms with van der Waals surface area (Å²) in [4.78, 5) is 24.7. The zero-order chi connectivity index (χ0) is 14.2. The van der Waals surface area contributed by atoms with Crippen LogP contribution in [0.3, 0.4) is 0 Å². The van der Waals surface area contributed by atoms with Gasteiger partial charge in [-0.2, -0.15) is 0 Å². The topological polar surface area (TPSA) is 87.5 Å². The molecule has 0 aliphatic rings. The number of likely N-dealkylation sites (N-methyl/N-ethyl adjacent to an activating group) is 1. The summed E-state index contributed by atoms with van der Waals surface area (Å²) in [7, 11) is 1.83. The van der Waals surface area contributed by atoms with Crippen molar-refractivity contribution >= 4 is 11.9 Å². The van der Waals surface area contributed by atoms with E-state index in [1.54, 1.807) is 0 Å². The summed E-state index contributed by atoms with van der Waals surface area (Å²) in [5, 5.41) is 4.87. The number of nitrogens with zero attached hydrogens (tertiary/aromatic N) is 1. The van der Waals surface area contributed by atoms with Gasteiger partial charge < -0.3 is 11.1 Å². The second-order valence-electron chi connectivity index (χ2n) is 5.34. The van der Waals surface area contributed by atoms with Crippen molar-refractivity contribution in [3.05, 3.63) is 0 Å². The fraction of sp³-hybridized carbons (Fsp3) is 0.833. The van der Waals surface area contributed by atoms with Crippen LogP contribution in [0.4, 0.5) is 4.79 Å². The molecule has 18 heavy (non-hydrogen) atoms. The molecule has 0 heterocycles. The number of rotatable bonds is 7. The molecule has 3 amide bonds. The van der Waals surface area contributed by atoms with Crippen molar-refractivity contribution in [1.82, 2.24) is 15.5 Å². The third kappa shape index (κ3) is 8.03. The predicted octanol–water partition coefficient (Wildman–Crippen LogP) is 0.139. The minimum atomic E-state index is -0.437. The molecule has 0 rings (SSSR count). The van der Waals surface area contributed by atoms with Crippen LogP contribution in [0, 0.1) is 5.41 Å². The van der Waals surface area contributed by atoms with Crippen molar-refractivity contribution in [2.45, 2.75) is 27.2 Å². The van der Waals surface area contributed by atoms with Gasteiger partial charge in [0, 0.05) is 13.1 Å². The highest BCUT2D eigenvalue weighted by molar-refractivity contribution is 5.95. The summed E-state index contributed by atoms with van der Waals surface area (Å²) >= 11 is 0. The number of nitrogens with one attached hydrogen (secondary N) is 2. The molecule has 4 N–H and O–H groups in total. The lowest BCUT2D eigenvalue weighted by atomic mass is 9.93. The largest absolute Gasteiger partial charge is 0.338 e. The number of hydrogen-bond donors (Lipinski definition) is 3. The molecule has 0 atom stereocenters. The van der Waals surface area contributed by atoms with Crippen LogP contribution in [0.1, 0.15) is 27.2 Å². The normalized spacial score (nSPS) is 11.4. The molecule has 0 aliphatic carbocycles. The fourth-order valence-corrected chi connectivity index (χ4v) is 1.55. The van der Waals surface area contributed by atoms with Crippen LogP contribution in [0.25, 0.3) is 0 Å². The van der Waals surface area contributed by atoms with E-state index in [2.05, 4.69) is 10.6 Å². The molecule has 0 unspecified atom stereocenters. The summed E-state index contributed by atoms with van der Waals surface area (Å²) in [6.45, 7) is 8.02. The maximum Gasteiger partial charge on any atom is 0.321 e. The molecule has 0 saturated carbocycles. The number of amides is 3. The molecule has 0 bridgehead atoms. The van der Waals surface area contributed by atoms with Crippen molar-refractivity contribution in [3.8, 4) is 0 Å². The molecule has 0 saturated heterocycles. The van der Waals surface area contributed by atoms with E-state index in [-0.39, 0.29) is 17.9 Å². The number of carbonyl (C=O) groups excluding carboxylic acids is 2. The van der Waals surface area contributed by atoms with Gasteiger partial charge in [-0.1, -0.05) is 20.8 Å². The average molecular weight is 258 g/mol. The maximum atomic E-state index is 11.6. The van der Waals surface area contributed by atoms with Crippen molar-refractivity contribution in [2.75, 3.05) is 33.2 Å². The Morgan fingerprint density at radius 1 is 1.33 bits per heavy atom. The molecule has 6 nitrogen and oxygen atoms in total. The molecular formula is C12H26N4O2. The third-order valence-electron chi connectivity index (χ3n) is 2.45. The SMILES string of the molecule is CCCNC(=O)NC(=O)CN(C)CC(C)(C)CN. The van der Waals surface area contributed by atoms with Gasteiger partial charge in [-0.05, 0) is 25.4 Å². The Morgan fingerprint density at radius 3 is 2.44 bits per heavy atom. The first kappa shape index (κ1) is 16.9. The third-order valence-corrected chi connectivity index (χ3v) is 2.45. The second kappa shape index (κ2) is 8.05. The van der Waals surface area contributed by atoms with Gasteiger partial charge >= 0.3 is 6.03 Å². The van der Waals surface area contributed by atoms with E-state index in [0.29, 0.717) is 19.6 Å². The molecule has 0 aromatic heterocycles. The van der Waals surface area contributed by atoms with Crippen molar-refractivity contribution in [3.63, 3.8) is 0 Å². The van der Waals surface area contributed by atoms with Gasteiger partial charge in [0.05, 0.1) is 6.54 Å². The van der Waals surface area contributed by atoms with E-state index in [4.69, 9.17) is 5.73 Å². The van der Waals surface area contributed by atoms with E-state index in [9.17, 15) is 9.59 Å². The molecular weight excluding hydrogens is 232 g/mol. The zero-order valence-corrected chi connectivity index (χ0v) is 11.9. The van der Waals surface area contributed by atoms with Crippen molar-refractivity contribution < 1.29 is 9.59 Å². The van der Waals surface area contributed by atoms with Gasteiger partial charge in [-0.15, -0.1) is 0 Å². The monoisotopic (exact) mass is 258 g/mol. The average Bonchev–Trinajstić information content (AvgIpc) is 2.25. The van der Waals surface area contributed by atoms with Gasteiger partial charge in [0.15, 0.2) is 0 Å². The number of imide groups is 1. The minimum Gasteiger partial charge on any atom is -0.338 e. The Hall–Kier alpha value is -1.14. The molecule has 0 aromatic rings. The Balaban J connectivity index is 3.97. The summed E-state index contributed by atoms with van der Waals surface area (Å²) in [5.41, 5.74) is 5.59. The first-order valence-corrected chi connectivity index (χ1v) is 6.27. The summed E-state index contributed by atoms with van der Waals surface area (Å²) < 4.78 is 0. The summed E-state index contributed by atoms with van der Waals surface area (Å²) in [6.07, 6.45) is 0.839. The molecule has 0 fully saturated rings. The van der Waals surface area contributed by atoms with Crippen LogP contribution in [0.5, 0.6) is 0 Å². The van der Waals surface area contributed by atoms with E-state index in [1.165, 1.54) is 0 Å². The van der Waals surface area contributed by atoms with Gasteiger partial charge in [0.1, 0.15) is 0 Å². The van der Waals surface area contributed by atoms with Crippen LogP contribution in [0.2, 0.25) is 0 Å². The summed E-state index contributed by atoms with van der Waals surface area (Å²) in [5.74, 6) is -0.307. The number of carbonyl (C=O) groups is 2. The van der Waals surface area contributed by atoms with Gasteiger partial charge in [0.25, 0.3) is 0 Å². The van der Waals surface area contributed by atoms with Crippen molar-refractivity contribution in [2.24, 2.45) is 11.1 Å². The van der Waals surface area contributed by atoms with Crippen LogP contribution in [0.15, 0.2) is 0 Å². The van der Waals surface area contributed by atoms with Crippen LogP contribution in [-0.2, 0) is 4.79 Å². The van der Waals surface area contributed by atoms with Crippen LogP contribution < -0.4 is 16.4 Å². The summed E-state index contributed by atoms with van der Waals surface area (Å²) in [6, 6.07) is -0.437. The lowest BCUT2D eigenvalue weighted by Crippen LogP contribution is -2.46. The highest BCUT2D eigenvalue weighted by Gasteiger charge is 2.19. The smallest absolute Gasteiger partial charge is 0.321 e. The Labute approximate surface area is 109 Å². The van der Waals surface area contributed by atoms with Crippen LogP contribution in [-0.4, -0.2) is 50.1 Å². The van der Waals surface area contributed by atoms with E-state index in [0.717, 1.165) is 6.42 Å². The molecule has 0 spiro atoms. The molecule has 0 aliphatic heterocycles. The maximum absolute atomic E-state index is 11.6. The van der Waals surface area contributed by atoms with Gasteiger partial charge in [-0.3, -0.25) is 15.0 Å². The van der Waals surface area contributed by atoms with E-state index < -0.39 is 6.03 Å². The Morgan fingerprint density at radius 2 is 1.94 bits per heavy atom. The molecule has 6 heteroatoms. The number of nitrogens with two attached hydrogens (primary N) is 1. The minimum absolute atomic E-state index is 0.0422. The second-order valence-corrected chi connectivity index (χ2v) is 5.34. The van der Waals surface area contributed by atoms with Gasteiger partial charge in [-0.25, -0.2) is 4.79 Å². The number of hydrogen-bond acceptors (Lipinski definition) is 4. The lowest BCUT2D eigenvalue weighted by Gasteiger charge is -2.28. The molecule has 0 radical (unpaired) electrons. The lowest BCUT2D eigenvalue weighted by molar-refractivity contribution is -0.121. The van der Waals surface area contributed by atoms with Crippen molar-refractivity contribution in [1.29, 1.82) is 0 Å². The van der Waals surface area contributed by atoms with E-state index in [1.807, 2.05) is 32.7 Å². The predicted molar refractivity (Wildman–Crippen MR) is 72.2 cm³/mol. The quantitative estimate of drug-likeness (QED) is 0.606. The standard InChI is InChI=1S/C12H26N4O2/c1-5-6-14-11(18)15-10(17)7-16(4)9-12(2,3)8-13/h5-9,13H2,1-4H3,(H2,14,15,17,18). The number of urea groups is 1. The first-order valence-electron chi connectivity index (χ1n) is 6.27.